The van der Waals surface area contributed by atoms with Crippen molar-refractivity contribution in [3.8, 4) is 23.0 Å². The van der Waals surface area contributed by atoms with Crippen molar-refractivity contribution in [3.05, 3.63) is 82.9 Å². The van der Waals surface area contributed by atoms with Gasteiger partial charge in [-0.15, -0.1) is 0 Å². The summed E-state index contributed by atoms with van der Waals surface area (Å²) in [6.45, 7) is 3.89. The third-order valence-electron chi connectivity index (χ3n) is 8.27. The van der Waals surface area contributed by atoms with Crippen LogP contribution < -0.4 is 35.7 Å². The fourth-order valence-corrected chi connectivity index (χ4v) is 5.86. The number of nitrogens with one attached hydrogen (secondary N) is 1. The number of nitrogens with zero attached hydrogens (tertiary/aromatic N) is 1. The van der Waals surface area contributed by atoms with Crippen molar-refractivity contribution in [1.29, 1.82) is 0 Å². The predicted octanol–water partition coefficient (Wildman–Crippen LogP) is 4.11. The molecule has 0 aliphatic heterocycles. The number of nitrogen functional groups attached to an aromatic ring is 1. The topological polar surface area (TPSA) is 168 Å². The molecule has 0 saturated heterocycles. The Morgan fingerprint density at radius 3 is 2.21 bits per heavy atom. The summed E-state index contributed by atoms with van der Waals surface area (Å²) in [4.78, 5) is 31.5. The van der Waals surface area contributed by atoms with E-state index in [1.807, 2.05) is 62.4 Å². The van der Waals surface area contributed by atoms with Gasteiger partial charge in [-0.1, -0.05) is 50.2 Å². The number of fused-ring (bicyclic) bond motifs is 1. The monoisotopic (exact) mass is 658 g/mol. The molecule has 6 N–H and O–H groups in total. The standard InChI is InChI=1S/C37H46N4O7/c1-21(2)16-30(41-37(44)33(42)29(39)17-22-10-8-7-9-11-22)36(43)40-24-13-14-25-27(20-32(46-4)35(48-6)34(25)47-5)26(19-24)23-12-15-31(45-3)28(38)18-23/h7-12,15,18-21,29-30,33,42H,13-14,16-17,38-39H2,1-6H3,(H,41,44). The number of nitrogens with two attached hydrogens (primary N) is 2. The maximum absolute atomic E-state index is 13.8. The van der Waals surface area contributed by atoms with E-state index in [1.165, 1.54) is 0 Å². The highest BCUT2D eigenvalue weighted by Gasteiger charge is 2.30. The number of benzene rings is 3. The lowest BCUT2D eigenvalue weighted by molar-refractivity contribution is -0.134. The van der Waals surface area contributed by atoms with E-state index in [0.29, 0.717) is 60.1 Å². The molecule has 3 aromatic carbocycles. The molecule has 11 heteroatoms. The molecule has 4 rings (SSSR count). The van der Waals surface area contributed by atoms with Gasteiger partial charge in [0.15, 0.2) is 11.5 Å². The van der Waals surface area contributed by atoms with Crippen molar-refractivity contribution in [2.24, 2.45) is 16.6 Å². The van der Waals surface area contributed by atoms with E-state index >= 15 is 0 Å². The van der Waals surface area contributed by atoms with Crippen LogP contribution in [-0.4, -0.2) is 69.3 Å². The first-order valence-corrected chi connectivity index (χ1v) is 15.9. The molecule has 3 unspecified atom stereocenters. The van der Waals surface area contributed by atoms with Gasteiger partial charge >= 0.3 is 0 Å². The van der Waals surface area contributed by atoms with E-state index in [0.717, 1.165) is 27.8 Å². The molecule has 11 nitrogen and oxygen atoms in total. The van der Waals surface area contributed by atoms with Crippen LogP contribution in [0.5, 0.6) is 23.0 Å². The van der Waals surface area contributed by atoms with Gasteiger partial charge in [0.05, 0.1) is 34.1 Å². The van der Waals surface area contributed by atoms with Gasteiger partial charge in [-0.2, -0.15) is 0 Å². The van der Waals surface area contributed by atoms with Crippen LogP contribution in [0.1, 0.15) is 48.9 Å². The Labute approximate surface area is 281 Å². The van der Waals surface area contributed by atoms with Gasteiger partial charge in [0, 0.05) is 17.3 Å². The number of methoxy groups -OCH3 is 4. The summed E-state index contributed by atoms with van der Waals surface area (Å²) in [5, 5.41) is 13.5. The molecule has 0 bridgehead atoms. The van der Waals surface area contributed by atoms with Crippen molar-refractivity contribution in [3.63, 3.8) is 0 Å². The van der Waals surface area contributed by atoms with E-state index < -0.39 is 30.0 Å². The SMILES string of the molecule is COc1ccc(C2=CC(=NC(=O)C(CC(C)C)NC(=O)C(O)C(N)Cc3ccccc3)CCc3c2cc(OC)c(OC)c3OC)cc1N. The number of aliphatic hydroxyl groups is 1. The second kappa shape index (κ2) is 16.3. The van der Waals surface area contributed by atoms with Crippen molar-refractivity contribution in [1.82, 2.24) is 5.32 Å². The first kappa shape index (κ1) is 36.0. The fraction of sp³-hybridized carbons (Fsp3) is 0.378. The fourth-order valence-electron chi connectivity index (χ4n) is 5.86. The third-order valence-corrected chi connectivity index (χ3v) is 8.27. The van der Waals surface area contributed by atoms with E-state index in [1.54, 1.807) is 40.6 Å². The summed E-state index contributed by atoms with van der Waals surface area (Å²) in [6, 6.07) is 14.8. The van der Waals surface area contributed by atoms with E-state index in [4.69, 9.17) is 30.4 Å². The Bertz CT molecular complexity index is 1670. The number of hydrogen-bond acceptors (Lipinski definition) is 9. The lowest BCUT2D eigenvalue weighted by Crippen LogP contribution is -2.52. The molecular formula is C37H46N4O7. The number of hydrogen-bond donors (Lipinski definition) is 4. The lowest BCUT2D eigenvalue weighted by Gasteiger charge is -2.23. The number of rotatable bonds is 13. The highest BCUT2D eigenvalue weighted by molar-refractivity contribution is 6.10. The summed E-state index contributed by atoms with van der Waals surface area (Å²) in [7, 11) is 6.21. The number of carbonyl (C=O) groups is 2. The number of aliphatic imine (C=N–C) groups is 1. The summed E-state index contributed by atoms with van der Waals surface area (Å²) in [5.41, 5.74) is 17.5. The summed E-state index contributed by atoms with van der Waals surface area (Å²) < 4.78 is 22.5. The zero-order chi connectivity index (χ0) is 35.0. The van der Waals surface area contributed by atoms with Gasteiger partial charge in [0.1, 0.15) is 17.9 Å². The number of anilines is 1. The number of allylic oxidation sites excluding steroid dienone is 1. The van der Waals surface area contributed by atoms with E-state index in [2.05, 4.69) is 10.3 Å². The van der Waals surface area contributed by atoms with Gasteiger partial charge < -0.3 is 40.8 Å². The van der Waals surface area contributed by atoms with Crippen LogP contribution in [0.25, 0.3) is 5.57 Å². The molecule has 0 aromatic heterocycles. The van der Waals surface area contributed by atoms with E-state index in [9.17, 15) is 14.7 Å². The molecule has 0 heterocycles. The highest BCUT2D eigenvalue weighted by Crippen LogP contribution is 2.46. The molecule has 2 amide bonds. The smallest absolute Gasteiger partial charge is 0.268 e. The van der Waals surface area contributed by atoms with Gasteiger partial charge in [0.2, 0.25) is 5.75 Å². The summed E-state index contributed by atoms with van der Waals surface area (Å²) >= 11 is 0. The first-order valence-electron chi connectivity index (χ1n) is 15.9. The third kappa shape index (κ3) is 8.34. The minimum Gasteiger partial charge on any atom is -0.495 e. The predicted molar refractivity (Wildman–Crippen MR) is 187 cm³/mol. The number of ether oxygens (including phenoxy) is 4. The van der Waals surface area contributed by atoms with Crippen molar-refractivity contribution in [2.75, 3.05) is 34.2 Å². The minimum absolute atomic E-state index is 0.0468. The second-order valence-corrected chi connectivity index (χ2v) is 12.1. The van der Waals surface area contributed by atoms with Gasteiger partial charge in [-0.25, -0.2) is 4.99 Å². The Kier molecular flexibility index (Phi) is 12.2. The Balaban J connectivity index is 1.72. The quantitative estimate of drug-likeness (QED) is 0.198. The molecular weight excluding hydrogens is 612 g/mol. The lowest BCUT2D eigenvalue weighted by atomic mass is 9.92. The number of aliphatic hydroxyl groups excluding tert-OH is 1. The Morgan fingerprint density at radius 2 is 1.60 bits per heavy atom. The van der Waals surface area contributed by atoms with Crippen LogP contribution in [-0.2, 0) is 22.4 Å². The van der Waals surface area contributed by atoms with Crippen LogP contribution in [0.15, 0.2) is 65.7 Å². The van der Waals surface area contributed by atoms with Gasteiger partial charge in [-0.05, 0) is 78.1 Å². The Morgan fingerprint density at radius 1 is 0.917 bits per heavy atom. The van der Waals surface area contributed by atoms with Crippen LogP contribution >= 0.6 is 0 Å². The highest BCUT2D eigenvalue weighted by atomic mass is 16.5. The average molecular weight is 659 g/mol. The minimum atomic E-state index is -1.52. The van der Waals surface area contributed by atoms with Crippen molar-refractivity contribution >= 4 is 28.8 Å². The molecule has 48 heavy (non-hydrogen) atoms. The summed E-state index contributed by atoms with van der Waals surface area (Å²) in [5.74, 6) is 0.755. The number of carbonyl (C=O) groups excluding carboxylic acids is 2. The Hall–Kier alpha value is -4.87. The largest absolute Gasteiger partial charge is 0.495 e. The van der Waals surface area contributed by atoms with Crippen molar-refractivity contribution < 1.29 is 33.6 Å². The molecule has 1 aliphatic carbocycles. The van der Waals surface area contributed by atoms with Crippen LogP contribution in [0.4, 0.5) is 5.69 Å². The average Bonchev–Trinajstić information content (AvgIpc) is 3.25. The van der Waals surface area contributed by atoms with Gasteiger partial charge in [0.25, 0.3) is 11.8 Å². The molecule has 0 saturated carbocycles. The van der Waals surface area contributed by atoms with Crippen molar-refractivity contribution in [2.45, 2.75) is 57.7 Å². The summed E-state index contributed by atoms with van der Waals surface area (Å²) in [6.07, 6.45) is 1.78. The molecule has 3 aromatic rings. The van der Waals surface area contributed by atoms with Gasteiger partial charge in [-0.3, -0.25) is 9.59 Å². The normalized spacial score (nSPS) is 15.4. The maximum Gasteiger partial charge on any atom is 0.268 e. The molecule has 256 valence electrons. The molecule has 0 fully saturated rings. The zero-order valence-corrected chi connectivity index (χ0v) is 28.4. The second-order valence-electron chi connectivity index (χ2n) is 12.1. The van der Waals surface area contributed by atoms with Crippen LogP contribution in [0.2, 0.25) is 0 Å². The number of amides is 2. The van der Waals surface area contributed by atoms with Crippen LogP contribution in [0, 0.1) is 5.92 Å². The first-order chi connectivity index (χ1) is 23.0. The maximum atomic E-state index is 13.8. The zero-order valence-electron chi connectivity index (χ0n) is 28.4. The molecule has 0 radical (unpaired) electrons. The molecule has 0 spiro atoms. The van der Waals surface area contributed by atoms with Crippen LogP contribution in [0.3, 0.4) is 0 Å². The van der Waals surface area contributed by atoms with E-state index in [-0.39, 0.29) is 5.92 Å². The molecule has 1 aliphatic rings. The molecule has 3 atom stereocenters.